The molecule has 1 aliphatic rings. The number of thioether (sulfide) groups is 1. The average molecular weight is 333 g/mol. The quantitative estimate of drug-likeness (QED) is 0.788. The summed E-state index contributed by atoms with van der Waals surface area (Å²) in [5.41, 5.74) is 5.72. The minimum atomic E-state index is -3.74. The molecule has 0 atom stereocenters. The Hall–Kier alpha value is -0.830. The lowest BCUT2D eigenvalue weighted by atomic mass is 10.2. The van der Waals surface area contributed by atoms with Crippen molar-refractivity contribution in [2.75, 3.05) is 43.4 Å². The largest absolute Gasteiger partial charge is 0.399 e. The molecule has 0 spiro atoms. The van der Waals surface area contributed by atoms with E-state index in [0.29, 0.717) is 13.1 Å². The number of nitrogen functional groups attached to an aromatic ring is 1. The average Bonchev–Trinajstić information content (AvgIpc) is 2.43. The van der Waals surface area contributed by atoms with E-state index < -0.39 is 15.8 Å². The van der Waals surface area contributed by atoms with Crippen molar-refractivity contribution in [2.45, 2.75) is 11.8 Å². The molecule has 0 unspecified atom stereocenters. The van der Waals surface area contributed by atoms with Crippen molar-refractivity contribution in [3.63, 3.8) is 0 Å². The summed E-state index contributed by atoms with van der Waals surface area (Å²) in [4.78, 5) is 2.13. The highest BCUT2D eigenvalue weighted by Crippen LogP contribution is 2.21. The maximum atomic E-state index is 13.6. The fraction of sp³-hybridized carbons (Fsp3) is 0.538. The van der Waals surface area contributed by atoms with E-state index in [2.05, 4.69) is 9.62 Å². The Bertz CT molecular complexity index is 602. The van der Waals surface area contributed by atoms with Gasteiger partial charge in [0.15, 0.2) is 0 Å². The molecule has 1 fully saturated rings. The van der Waals surface area contributed by atoms with E-state index in [4.69, 9.17) is 5.73 Å². The Balaban J connectivity index is 2.01. The molecule has 1 aliphatic heterocycles. The summed E-state index contributed by atoms with van der Waals surface area (Å²) in [6.45, 7) is 4.34. The van der Waals surface area contributed by atoms with Gasteiger partial charge in [-0.3, -0.25) is 0 Å². The number of rotatable bonds is 5. The van der Waals surface area contributed by atoms with Crippen molar-refractivity contribution in [1.29, 1.82) is 0 Å². The van der Waals surface area contributed by atoms with Gasteiger partial charge in [0.05, 0.1) is 4.90 Å². The molecule has 21 heavy (non-hydrogen) atoms. The molecule has 1 aromatic rings. The van der Waals surface area contributed by atoms with Gasteiger partial charge in [0.1, 0.15) is 5.82 Å². The second-order valence-electron chi connectivity index (χ2n) is 4.98. The number of benzene rings is 1. The molecule has 1 heterocycles. The molecular formula is C13H20FN3O2S2. The van der Waals surface area contributed by atoms with Gasteiger partial charge in [0.25, 0.3) is 0 Å². The first-order chi connectivity index (χ1) is 9.90. The van der Waals surface area contributed by atoms with Crippen LogP contribution in [-0.4, -0.2) is 51.0 Å². The second-order valence-corrected chi connectivity index (χ2v) is 7.94. The minimum absolute atomic E-state index is 0.0887. The van der Waals surface area contributed by atoms with Crippen molar-refractivity contribution < 1.29 is 12.8 Å². The molecule has 5 nitrogen and oxygen atoms in total. The molecule has 0 radical (unpaired) electrons. The third-order valence-electron chi connectivity index (χ3n) is 3.43. The van der Waals surface area contributed by atoms with E-state index in [1.165, 1.54) is 13.0 Å². The molecule has 0 amide bonds. The third kappa shape index (κ3) is 4.32. The van der Waals surface area contributed by atoms with Gasteiger partial charge in [0, 0.05) is 48.9 Å². The van der Waals surface area contributed by atoms with Gasteiger partial charge >= 0.3 is 0 Å². The Morgan fingerprint density at radius 2 is 2.05 bits per heavy atom. The van der Waals surface area contributed by atoms with Crippen LogP contribution in [0.25, 0.3) is 0 Å². The Kier molecular flexibility index (Phi) is 5.48. The SMILES string of the molecule is Cc1c(F)cc(N)cc1S(=O)(=O)NCCN1CCSCC1. The van der Waals surface area contributed by atoms with Crippen LogP contribution in [-0.2, 0) is 10.0 Å². The summed E-state index contributed by atoms with van der Waals surface area (Å²) in [7, 11) is -3.74. The van der Waals surface area contributed by atoms with Crippen LogP contribution in [0, 0.1) is 12.7 Å². The van der Waals surface area contributed by atoms with Crippen molar-refractivity contribution in [1.82, 2.24) is 9.62 Å². The lowest BCUT2D eigenvalue weighted by Gasteiger charge is -2.26. The van der Waals surface area contributed by atoms with Crippen molar-refractivity contribution in [2.24, 2.45) is 0 Å². The first-order valence-electron chi connectivity index (χ1n) is 6.75. The summed E-state index contributed by atoms with van der Waals surface area (Å²) in [5, 5.41) is 0. The zero-order chi connectivity index (χ0) is 15.5. The van der Waals surface area contributed by atoms with E-state index >= 15 is 0 Å². The summed E-state index contributed by atoms with van der Waals surface area (Å²) >= 11 is 1.90. The first kappa shape index (κ1) is 16.5. The van der Waals surface area contributed by atoms with Gasteiger partial charge in [0.2, 0.25) is 10.0 Å². The topological polar surface area (TPSA) is 75.4 Å². The Labute approximate surface area is 129 Å². The molecule has 0 bridgehead atoms. The molecule has 0 aliphatic carbocycles. The minimum Gasteiger partial charge on any atom is -0.399 e. The van der Waals surface area contributed by atoms with Crippen LogP contribution < -0.4 is 10.5 Å². The fourth-order valence-electron chi connectivity index (χ4n) is 2.19. The van der Waals surface area contributed by atoms with Crippen LogP contribution in [0.1, 0.15) is 5.56 Å². The molecule has 2 rings (SSSR count). The molecule has 8 heteroatoms. The Morgan fingerprint density at radius 1 is 1.38 bits per heavy atom. The predicted molar refractivity (Wildman–Crippen MR) is 84.5 cm³/mol. The van der Waals surface area contributed by atoms with Crippen LogP contribution >= 0.6 is 11.8 Å². The van der Waals surface area contributed by atoms with Crippen molar-refractivity contribution >= 4 is 27.5 Å². The maximum absolute atomic E-state index is 13.6. The van der Waals surface area contributed by atoms with Gasteiger partial charge in [-0.15, -0.1) is 0 Å². The first-order valence-corrected chi connectivity index (χ1v) is 9.39. The molecule has 3 N–H and O–H groups in total. The zero-order valence-corrected chi connectivity index (χ0v) is 13.6. The molecule has 1 saturated heterocycles. The number of anilines is 1. The van der Waals surface area contributed by atoms with E-state index in [1.54, 1.807) is 0 Å². The van der Waals surface area contributed by atoms with Gasteiger partial charge < -0.3 is 10.6 Å². The summed E-state index contributed by atoms with van der Waals surface area (Å²) in [6, 6.07) is 2.41. The van der Waals surface area contributed by atoms with Crippen LogP contribution in [0.2, 0.25) is 0 Å². The number of hydrogen-bond acceptors (Lipinski definition) is 5. The fourth-order valence-corrected chi connectivity index (χ4v) is 4.48. The van der Waals surface area contributed by atoms with E-state index in [1.807, 2.05) is 11.8 Å². The van der Waals surface area contributed by atoms with Gasteiger partial charge in [-0.05, 0) is 19.1 Å². The molecular weight excluding hydrogens is 313 g/mol. The highest BCUT2D eigenvalue weighted by atomic mass is 32.2. The van der Waals surface area contributed by atoms with Crippen molar-refractivity contribution in [3.8, 4) is 0 Å². The zero-order valence-electron chi connectivity index (χ0n) is 11.9. The number of halogens is 1. The van der Waals surface area contributed by atoms with Crippen molar-refractivity contribution in [3.05, 3.63) is 23.5 Å². The number of nitrogens with zero attached hydrogens (tertiary/aromatic N) is 1. The summed E-state index contributed by atoms with van der Waals surface area (Å²) in [5.74, 6) is 1.54. The monoisotopic (exact) mass is 333 g/mol. The van der Waals surface area contributed by atoms with Gasteiger partial charge in [-0.25, -0.2) is 17.5 Å². The lowest BCUT2D eigenvalue weighted by Crippen LogP contribution is -2.39. The van der Waals surface area contributed by atoms with E-state index in [0.717, 1.165) is 30.7 Å². The maximum Gasteiger partial charge on any atom is 0.241 e. The Morgan fingerprint density at radius 3 is 2.71 bits per heavy atom. The number of sulfonamides is 1. The van der Waals surface area contributed by atoms with E-state index in [9.17, 15) is 12.8 Å². The third-order valence-corrected chi connectivity index (χ3v) is 5.96. The number of nitrogens with two attached hydrogens (primary N) is 1. The number of nitrogens with one attached hydrogen (secondary N) is 1. The summed E-state index contributed by atoms with van der Waals surface area (Å²) < 4.78 is 40.6. The molecule has 0 aromatic heterocycles. The van der Waals surface area contributed by atoms with Crippen LogP contribution in [0.3, 0.4) is 0 Å². The van der Waals surface area contributed by atoms with Crippen LogP contribution in [0.15, 0.2) is 17.0 Å². The second kappa shape index (κ2) is 6.95. The lowest BCUT2D eigenvalue weighted by molar-refractivity contribution is 0.307. The molecule has 0 saturated carbocycles. The van der Waals surface area contributed by atoms with Crippen LogP contribution in [0.5, 0.6) is 0 Å². The predicted octanol–water partition coefficient (Wildman–Crippen LogP) is 1.04. The molecule has 1 aromatic carbocycles. The highest BCUT2D eigenvalue weighted by molar-refractivity contribution is 7.99. The number of hydrogen-bond donors (Lipinski definition) is 2. The normalized spacial score (nSPS) is 17.0. The molecule has 118 valence electrons. The smallest absolute Gasteiger partial charge is 0.241 e. The van der Waals surface area contributed by atoms with Crippen LogP contribution in [0.4, 0.5) is 10.1 Å². The van der Waals surface area contributed by atoms with E-state index in [-0.39, 0.29) is 16.1 Å². The highest BCUT2D eigenvalue weighted by Gasteiger charge is 2.20. The summed E-state index contributed by atoms with van der Waals surface area (Å²) in [6.07, 6.45) is 0. The standard InChI is InChI=1S/C13H20FN3O2S2/c1-10-12(14)8-11(15)9-13(10)21(18,19)16-2-3-17-4-6-20-7-5-17/h8-9,16H,2-7,15H2,1H3. The van der Waals surface area contributed by atoms with Gasteiger partial charge in [-0.2, -0.15) is 11.8 Å². The van der Waals surface area contributed by atoms with Gasteiger partial charge in [-0.1, -0.05) is 0 Å².